The van der Waals surface area contributed by atoms with Crippen LogP contribution in [0.15, 0.2) is 51.8 Å². The molecule has 1 N–H and O–H groups in total. The number of benzene rings is 2. The molecular formula is C18H16BrN3O3S2. The number of aromatic nitrogens is 1. The molecule has 1 saturated heterocycles. The zero-order chi connectivity index (χ0) is 19.0. The maximum Gasteiger partial charge on any atom is 0.257 e. The molecule has 2 heterocycles. The Bertz CT molecular complexity index is 1100. The highest BCUT2D eigenvalue weighted by atomic mass is 79.9. The van der Waals surface area contributed by atoms with Gasteiger partial charge in [-0.15, -0.1) is 0 Å². The molecule has 1 amide bonds. The van der Waals surface area contributed by atoms with Crippen LogP contribution in [0.2, 0.25) is 0 Å². The Morgan fingerprint density at radius 3 is 2.48 bits per heavy atom. The van der Waals surface area contributed by atoms with E-state index in [1.54, 1.807) is 0 Å². The lowest BCUT2D eigenvalue weighted by atomic mass is 10.2. The number of halogens is 1. The Morgan fingerprint density at radius 1 is 1.11 bits per heavy atom. The minimum Gasteiger partial charge on any atom is -0.298 e. The molecule has 0 atom stereocenters. The molecule has 4 rings (SSSR count). The second-order valence-electron chi connectivity index (χ2n) is 6.20. The molecule has 2 aromatic carbocycles. The lowest BCUT2D eigenvalue weighted by molar-refractivity contribution is 0.102. The highest BCUT2D eigenvalue weighted by molar-refractivity contribution is 9.10. The normalized spacial score (nSPS) is 15.3. The van der Waals surface area contributed by atoms with Crippen molar-refractivity contribution in [1.29, 1.82) is 0 Å². The Balaban J connectivity index is 1.53. The Kier molecular flexibility index (Phi) is 5.02. The summed E-state index contributed by atoms with van der Waals surface area (Å²) in [6.45, 7) is 1.11. The van der Waals surface area contributed by atoms with Crippen LogP contribution in [0.3, 0.4) is 0 Å². The number of hydrogen-bond acceptors (Lipinski definition) is 5. The number of amides is 1. The molecule has 1 fully saturated rings. The van der Waals surface area contributed by atoms with Gasteiger partial charge in [0.2, 0.25) is 10.0 Å². The number of rotatable bonds is 4. The smallest absolute Gasteiger partial charge is 0.257 e. The average molecular weight is 466 g/mol. The molecule has 1 aromatic heterocycles. The quantitative estimate of drug-likeness (QED) is 0.628. The first-order chi connectivity index (χ1) is 12.9. The summed E-state index contributed by atoms with van der Waals surface area (Å²) in [5, 5.41) is 3.27. The number of nitrogens with one attached hydrogen (secondary N) is 1. The molecule has 1 aliphatic heterocycles. The van der Waals surface area contributed by atoms with Crippen molar-refractivity contribution < 1.29 is 13.2 Å². The third-order valence-electron chi connectivity index (χ3n) is 4.41. The van der Waals surface area contributed by atoms with Gasteiger partial charge in [0.05, 0.1) is 15.1 Å². The number of fused-ring (bicyclic) bond motifs is 1. The monoisotopic (exact) mass is 465 g/mol. The third kappa shape index (κ3) is 3.64. The number of nitrogens with zero attached hydrogens (tertiary/aromatic N) is 2. The van der Waals surface area contributed by atoms with Crippen molar-refractivity contribution in [3.05, 3.63) is 52.5 Å². The van der Waals surface area contributed by atoms with Crippen LogP contribution < -0.4 is 5.32 Å². The zero-order valence-electron chi connectivity index (χ0n) is 14.2. The van der Waals surface area contributed by atoms with Crippen molar-refractivity contribution in [2.24, 2.45) is 0 Å². The van der Waals surface area contributed by atoms with Crippen LogP contribution in [0, 0.1) is 0 Å². The average Bonchev–Trinajstić information content (AvgIpc) is 3.32. The summed E-state index contributed by atoms with van der Waals surface area (Å²) in [7, 11) is -3.48. The van der Waals surface area contributed by atoms with Crippen molar-refractivity contribution in [3.63, 3.8) is 0 Å². The van der Waals surface area contributed by atoms with Crippen LogP contribution in [0.25, 0.3) is 10.2 Å². The summed E-state index contributed by atoms with van der Waals surface area (Å²) in [5.74, 6) is -0.324. The van der Waals surface area contributed by atoms with E-state index in [2.05, 4.69) is 26.2 Å². The van der Waals surface area contributed by atoms with Crippen LogP contribution in [-0.2, 0) is 10.0 Å². The summed E-state index contributed by atoms with van der Waals surface area (Å²) >= 11 is 4.83. The maximum absolute atomic E-state index is 12.6. The summed E-state index contributed by atoms with van der Waals surface area (Å²) in [6.07, 6.45) is 1.77. The van der Waals surface area contributed by atoms with E-state index in [1.807, 2.05) is 18.2 Å². The van der Waals surface area contributed by atoms with Gasteiger partial charge in [-0.3, -0.25) is 10.1 Å². The Hall–Kier alpha value is -1.81. The van der Waals surface area contributed by atoms with Gasteiger partial charge in [-0.05, 0) is 65.2 Å². The topological polar surface area (TPSA) is 79.4 Å². The molecule has 3 aromatic rings. The highest BCUT2D eigenvalue weighted by Crippen LogP contribution is 2.31. The molecule has 1 aliphatic rings. The number of sulfonamides is 1. The molecular weight excluding hydrogens is 450 g/mol. The standard InChI is InChI=1S/C18H16BrN3O3S2/c19-14-4-3-5-15-16(14)20-18(26-15)21-17(23)12-6-8-13(9-7-12)27(24,25)22-10-1-2-11-22/h3-9H,1-2,10-11H2,(H,20,21,23). The SMILES string of the molecule is O=C(Nc1nc2c(Br)cccc2s1)c1ccc(S(=O)(=O)N2CCCC2)cc1. The number of carbonyl (C=O) groups excluding carboxylic acids is 1. The van der Waals surface area contributed by atoms with Crippen molar-refractivity contribution in [1.82, 2.24) is 9.29 Å². The molecule has 0 bridgehead atoms. The fourth-order valence-corrected chi connectivity index (χ4v) is 5.98. The predicted molar refractivity (Wildman–Crippen MR) is 110 cm³/mol. The first kappa shape index (κ1) is 18.5. The number of thiazole rings is 1. The van der Waals surface area contributed by atoms with Gasteiger partial charge in [0.15, 0.2) is 5.13 Å². The van der Waals surface area contributed by atoms with E-state index in [0.717, 1.165) is 27.5 Å². The number of carbonyl (C=O) groups is 1. The number of hydrogen-bond donors (Lipinski definition) is 1. The largest absolute Gasteiger partial charge is 0.298 e. The fraction of sp³-hybridized carbons (Fsp3) is 0.222. The van der Waals surface area contributed by atoms with Crippen LogP contribution in [-0.4, -0.2) is 36.7 Å². The number of para-hydroxylation sites is 1. The molecule has 0 aliphatic carbocycles. The van der Waals surface area contributed by atoms with E-state index >= 15 is 0 Å². The lowest BCUT2D eigenvalue weighted by Crippen LogP contribution is -2.27. The van der Waals surface area contributed by atoms with Crippen molar-refractivity contribution >= 4 is 58.5 Å². The van der Waals surface area contributed by atoms with E-state index in [9.17, 15) is 13.2 Å². The molecule has 9 heteroatoms. The molecule has 0 radical (unpaired) electrons. The van der Waals surface area contributed by atoms with Crippen molar-refractivity contribution in [2.75, 3.05) is 18.4 Å². The van der Waals surface area contributed by atoms with Gasteiger partial charge in [-0.25, -0.2) is 13.4 Å². The maximum atomic E-state index is 12.6. The molecule has 0 spiro atoms. The van der Waals surface area contributed by atoms with Crippen LogP contribution >= 0.6 is 27.3 Å². The van der Waals surface area contributed by atoms with Gasteiger partial charge in [0.25, 0.3) is 5.91 Å². The summed E-state index contributed by atoms with van der Waals surface area (Å²) in [5.41, 5.74) is 1.18. The van der Waals surface area contributed by atoms with Crippen molar-refractivity contribution in [2.45, 2.75) is 17.7 Å². The van der Waals surface area contributed by atoms with Gasteiger partial charge >= 0.3 is 0 Å². The molecule has 27 heavy (non-hydrogen) atoms. The van der Waals surface area contributed by atoms with Gasteiger partial charge in [-0.2, -0.15) is 4.31 Å². The molecule has 0 saturated carbocycles. The first-order valence-electron chi connectivity index (χ1n) is 8.42. The van der Waals surface area contributed by atoms with E-state index < -0.39 is 10.0 Å². The summed E-state index contributed by atoms with van der Waals surface area (Å²) < 4.78 is 28.4. The predicted octanol–water partition coefficient (Wildman–Crippen LogP) is 4.10. The molecule has 140 valence electrons. The second-order valence-corrected chi connectivity index (χ2v) is 10.0. The molecule has 6 nitrogen and oxygen atoms in total. The molecule has 0 unspecified atom stereocenters. The third-order valence-corrected chi connectivity index (χ3v) is 7.90. The Morgan fingerprint density at radius 2 is 1.81 bits per heavy atom. The van der Waals surface area contributed by atoms with Gasteiger partial charge in [0, 0.05) is 23.1 Å². The summed E-state index contributed by atoms with van der Waals surface area (Å²) in [4.78, 5) is 17.1. The fourth-order valence-electron chi connectivity index (χ4n) is 2.99. The first-order valence-corrected chi connectivity index (χ1v) is 11.5. The van der Waals surface area contributed by atoms with Crippen LogP contribution in [0.5, 0.6) is 0 Å². The van der Waals surface area contributed by atoms with E-state index in [4.69, 9.17) is 0 Å². The zero-order valence-corrected chi connectivity index (χ0v) is 17.4. The van der Waals surface area contributed by atoms with E-state index in [1.165, 1.54) is 39.9 Å². The van der Waals surface area contributed by atoms with E-state index in [-0.39, 0.29) is 10.8 Å². The minimum atomic E-state index is -3.48. The highest BCUT2D eigenvalue weighted by Gasteiger charge is 2.27. The van der Waals surface area contributed by atoms with E-state index in [0.29, 0.717) is 23.8 Å². The van der Waals surface area contributed by atoms with Gasteiger partial charge in [-0.1, -0.05) is 17.4 Å². The minimum absolute atomic E-state index is 0.213. The lowest BCUT2D eigenvalue weighted by Gasteiger charge is -2.15. The Labute approximate surface area is 169 Å². The van der Waals surface area contributed by atoms with Gasteiger partial charge in [0.1, 0.15) is 0 Å². The summed E-state index contributed by atoms with van der Waals surface area (Å²) in [6, 6.07) is 11.8. The second kappa shape index (κ2) is 7.31. The van der Waals surface area contributed by atoms with Crippen molar-refractivity contribution in [3.8, 4) is 0 Å². The number of anilines is 1. The van der Waals surface area contributed by atoms with Crippen LogP contribution in [0.4, 0.5) is 5.13 Å². The van der Waals surface area contributed by atoms with Crippen LogP contribution in [0.1, 0.15) is 23.2 Å². The van der Waals surface area contributed by atoms with Gasteiger partial charge < -0.3 is 0 Å².